The van der Waals surface area contributed by atoms with Crippen LogP contribution in [0.1, 0.15) is 11.1 Å². The number of aryl methyl sites for hydroxylation is 2. The van der Waals surface area contributed by atoms with Crippen LogP contribution in [-0.2, 0) is 10.0 Å². The molecule has 6 heteroatoms. The molecule has 23 heavy (non-hydrogen) atoms. The van der Waals surface area contributed by atoms with E-state index in [-0.39, 0.29) is 0 Å². The van der Waals surface area contributed by atoms with Gasteiger partial charge in [0, 0.05) is 13.1 Å². The molecule has 0 fully saturated rings. The van der Waals surface area contributed by atoms with Gasteiger partial charge in [-0.1, -0.05) is 17.7 Å². The highest BCUT2D eigenvalue weighted by Gasteiger charge is 2.19. The quantitative estimate of drug-likeness (QED) is 0.939. The molecule has 122 valence electrons. The highest BCUT2D eigenvalue weighted by molar-refractivity contribution is 7.92. The molecule has 2 aromatic rings. The van der Waals surface area contributed by atoms with Crippen molar-refractivity contribution in [3.63, 3.8) is 0 Å². The number of likely N-dealkylation sites (N-methyl/N-ethyl adjacent to an activating group) is 1. The van der Waals surface area contributed by atoms with Crippen LogP contribution in [0.15, 0.2) is 41.3 Å². The van der Waals surface area contributed by atoms with Gasteiger partial charge in [-0.25, -0.2) is 8.42 Å². The van der Waals surface area contributed by atoms with Gasteiger partial charge in [-0.05, 0) is 37.6 Å². The van der Waals surface area contributed by atoms with Crippen molar-refractivity contribution in [1.82, 2.24) is 0 Å². The monoisotopic (exact) mass is 332 g/mol. The lowest BCUT2D eigenvalue weighted by atomic mass is 10.2. The van der Waals surface area contributed by atoms with Gasteiger partial charge in [-0.3, -0.25) is 4.72 Å². The summed E-state index contributed by atoms with van der Waals surface area (Å²) in [6.45, 7) is 5.15. The van der Waals surface area contributed by atoms with Gasteiger partial charge in [-0.15, -0.1) is 0 Å². The third-order valence-corrected chi connectivity index (χ3v) is 5.47. The fourth-order valence-corrected chi connectivity index (χ4v) is 4.01. The van der Waals surface area contributed by atoms with Crippen molar-refractivity contribution in [1.29, 1.82) is 0 Å². The first kappa shape index (κ1) is 15.7. The van der Waals surface area contributed by atoms with Gasteiger partial charge in [0.15, 0.2) is 0 Å². The molecule has 2 aromatic carbocycles. The molecular weight excluding hydrogens is 312 g/mol. The third kappa shape index (κ3) is 3.12. The number of nitrogens with one attached hydrogen (secondary N) is 1. The zero-order chi connectivity index (χ0) is 16.6. The summed E-state index contributed by atoms with van der Waals surface area (Å²) in [6, 6.07) is 10.6. The van der Waals surface area contributed by atoms with E-state index < -0.39 is 10.0 Å². The second kappa shape index (κ2) is 5.77. The zero-order valence-corrected chi connectivity index (χ0v) is 14.3. The molecule has 0 bridgehead atoms. The number of ether oxygens (including phenoxy) is 1. The molecule has 0 saturated heterocycles. The van der Waals surface area contributed by atoms with Gasteiger partial charge >= 0.3 is 0 Å². The topological polar surface area (TPSA) is 58.6 Å². The maximum Gasteiger partial charge on any atom is 0.262 e. The van der Waals surface area contributed by atoms with Crippen molar-refractivity contribution < 1.29 is 13.2 Å². The van der Waals surface area contributed by atoms with Crippen molar-refractivity contribution in [3.8, 4) is 5.75 Å². The van der Waals surface area contributed by atoms with E-state index in [1.807, 2.05) is 26.1 Å². The molecule has 1 aliphatic heterocycles. The average molecular weight is 332 g/mol. The molecule has 1 N–H and O–H groups in total. The van der Waals surface area contributed by atoms with Gasteiger partial charge < -0.3 is 9.64 Å². The highest BCUT2D eigenvalue weighted by Crippen LogP contribution is 2.34. The third-order valence-electron chi connectivity index (χ3n) is 3.93. The van der Waals surface area contributed by atoms with Crippen LogP contribution in [0.3, 0.4) is 0 Å². The first-order chi connectivity index (χ1) is 10.9. The Balaban J connectivity index is 1.92. The molecule has 0 unspecified atom stereocenters. The number of hydrogen-bond acceptors (Lipinski definition) is 4. The average Bonchev–Trinajstić information content (AvgIpc) is 2.46. The Bertz CT molecular complexity index is 847. The molecule has 0 atom stereocenters. The molecule has 0 amide bonds. The van der Waals surface area contributed by atoms with Crippen LogP contribution in [0, 0.1) is 13.8 Å². The molecular formula is C17H20N2O3S. The van der Waals surface area contributed by atoms with Crippen LogP contribution >= 0.6 is 0 Å². The van der Waals surface area contributed by atoms with Crippen molar-refractivity contribution in [3.05, 3.63) is 47.5 Å². The summed E-state index contributed by atoms with van der Waals surface area (Å²) < 4.78 is 33.5. The Morgan fingerprint density at radius 2 is 1.91 bits per heavy atom. The normalized spacial score (nSPS) is 14.1. The first-order valence-corrected chi connectivity index (χ1v) is 8.93. The van der Waals surface area contributed by atoms with E-state index in [1.165, 1.54) is 0 Å². The summed E-state index contributed by atoms with van der Waals surface area (Å²) in [6.07, 6.45) is 0. The number of fused-ring (bicyclic) bond motifs is 1. The van der Waals surface area contributed by atoms with E-state index in [0.717, 1.165) is 23.4 Å². The molecule has 1 aliphatic rings. The minimum Gasteiger partial charge on any atom is -0.489 e. The van der Waals surface area contributed by atoms with E-state index in [1.54, 1.807) is 31.2 Å². The van der Waals surface area contributed by atoms with Crippen molar-refractivity contribution in [2.24, 2.45) is 0 Å². The Morgan fingerprint density at radius 1 is 1.13 bits per heavy atom. The Hall–Kier alpha value is -2.21. The molecule has 0 aliphatic carbocycles. The van der Waals surface area contributed by atoms with Crippen LogP contribution < -0.4 is 14.4 Å². The number of benzene rings is 2. The molecule has 5 nitrogen and oxygen atoms in total. The SMILES string of the molecule is Cc1ccc(S(=O)(=O)Nc2ccc3c(c2)OCCN3C)c(C)c1. The van der Waals surface area contributed by atoms with E-state index in [2.05, 4.69) is 9.62 Å². The summed E-state index contributed by atoms with van der Waals surface area (Å²) in [4.78, 5) is 2.38. The lowest BCUT2D eigenvalue weighted by molar-refractivity contribution is 0.311. The maximum absolute atomic E-state index is 12.6. The van der Waals surface area contributed by atoms with Crippen LogP contribution in [0.5, 0.6) is 5.75 Å². The number of hydrogen-bond donors (Lipinski definition) is 1. The minimum atomic E-state index is -3.62. The van der Waals surface area contributed by atoms with Crippen molar-refractivity contribution in [2.45, 2.75) is 18.7 Å². The smallest absolute Gasteiger partial charge is 0.262 e. The predicted octanol–water partition coefficient (Wildman–Crippen LogP) is 2.93. The number of anilines is 2. The number of nitrogens with zero attached hydrogens (tertiary/aromatic N) is 1. The first-order valence-electron chi connectivity index (χ1n) is 7.45. The molecule has 1 heterocycles. The zero-order valence-electron chi connectivity index (χ0n) is 13.5. The predicted molar refractivity (Wildman–Crippen MR) is 91.9 cm³/mol. The minimum absolute atomic E-state index is 0.291. The van der Waals surface area contributed by atoms with Gasteiger partial charge in [0.1, 0.15) is 12.4 Å². The van der Waals surface area contributed by atoms with E-state index in [9.17, 15) is 8.42 Å². The van der Waals surface area contributed by atoms with E-state index >= 15 is 0 Å². The van der Waals surface area contributed by atoms with Crippen molar-refractivity contribution in [2.75, 3.05) is 29.8 Å². The van der Waals surface area contributed by atoms with Crippen LogP contribution in [0.4, 0.5) is 11.4 Å². The number of sulfonamides is 1. The van der Waals surface area contributed by atoms with Gasteiger partial charge in [0.05, 0.1) is 22.8 Å². The summed E-state index contributed by atoms with van der Waals surface area (Å²) in [7, 11) is -1.63. The fourth-order valence-electron chi connectivity index (χ4n) is 2.73. The Morgan fingerprint density at radius 3 is 2.65 bits per heavy atom. The highest BCUT2D eigenvalue weighted by atomic mass is 32.2. The summed E-state index contributed by atoms with van der Waals surface area (Å²) in [5.41, 5.74) is 3.22. The van der Waals surface area contributed by atoms with Gasteiger partial charge in [0.25, 0.3) is 10.0 Å². The van der Waals surface area contributed by atoms with E-state index in [4.69, 9.17) is 4.74 Å². The standard InChI is InChI=1S/C17H20N2O3S/c1-12-4-7-17(13(2)10-12)23(20,21)18-14-5-6-15-16(11-14)22-9-8-19(15)3/h4-7,10-11,18H,8-9H2,1-3H3. The lowest BCUT2D eigenvalue weighted by Gasteiger charge is -2.28. The van der Waals surface area contributed by atoms with Gasteiger partial charge in [0.2, 0.25) is 0 Å². The maximum atomic E-state index is 12.6. The Kier molecular flexibility index (Phi) is 3.93. The second-order valence-electron chi connectivity index (χ2n) is 5.83. The summed E-state index contributed by atoms with van der Waals surface area (Å²) in [5, 5.41) is 0. The van der Waals surface area contributed by atoms with E-state index in [0.29, 0.717) is 22.9 Å². The lowest BCUT2D eigenvalue weighted by Crippen LogP contribution is -2.28. The van der Waals surface area contributed by atoms with Crippen LogP contribution in [-0.4, -0.2) is 28.6 Å². The molecule has 0 radical (unpaired) electrons. The van der Waals surface area contributed by atoms with Crippen LogP contribution in [0.2, 0.25) is 0 Å². The second-order valence-corrected chi connectivity index (χ2v) is 7.48. The fraction of sp³-hybridized carbons (Fsp3) is 0.294. The molecule has 3 rings (SSSR count). The molecule has 0 aromatic heterocycles. The summed E-state index contributed by atoms with van der Waals surface area (Å²) in [5.74, 6) is 0.694. The van der Waals surface area contributed by atoms with Crippen molar-refractivity contribution >= 4 is 21.4 Å². The summed E-state index contributed by atoms with van der Waals surface area (Å²) >= 11 is 0. The molecule has 0 saturated carbocycles. The Labute approximate surface area is 136 Å². The largest absolute Gasteiger partial charge is 0.489 e. The number of rotatable bonds is 3. The van der Waals surface area contributed by atoms with Crippen LogP contribution in [0.25, 0.3) is 0 Å². The van der Waals surface area contributed by atoms with Gasteiger partial charge in [-0.2, -0.15) is 0 Å². The molecule has 0 spiro atoms.